The number of ether oxygens (including phenoxy) is 2. The van der Waals surface area contributed by atoms with Gasteiger partial charge >= 0.3 is 6.09 Å². The Labute approximate surface area is 102 Å². The maximum absolute atomic E-state index is 11.7. The average molecular weight is 243 g/mol. The van der Waals surface area contributed by atoms with Crippen molar-refractivity contribution >= 4 is 6.09 Å². The number of carbonyl (C=O) groups excluding carboxylic acids is 1. The molecule has 1 unspecified atom stereocenters. The van der Waals surface area contributed by atoms with Gasteiger partial charge in [0.1, 0.15) is 11.2 Å². The first-order valence-electron chi connectivity index (χ1n) is 6.10. The number of hydrogen-bond donors (Lipinski definition) is 1. The fraction of sp³-hybridized carbons (Fsp3) is 0.917. The van der Waals surface area contributed by atoms with E-state index in [-0.39, 0.29) is 17.8 Å². The molecule has 1 spiro atoms. The molecule has 17 heavy (non-hydrogen) atoms. The molecule has 0 radical (unpaired) electrons. The molecule has 2 fully saturated rings. The lowest BCUT2D eigenvalue weighted by Gasteiger charge is -2.52. The molecule has 1 amide bonds. The van der Waals surface area contributed by atoms with E-state index < -0.39 is 5.60 Å². The molecule has 5 heteroatoms. The highest BCUT2D eigenvalue weighted by atomic mass is 16.6. The summed E-state index contributed by atoms with van der Waals surface area (Å²) in [7, 11) is 0. The molecule has 0 aromatic heterocycles. The fourth-order valence-electron chi connectivity index (χ4n) is 2.33. The highest BCUT2D eigenvalue weighted by Crippen LogP contribution is 2.34. The minimum atomic E-state index is -0.466. The Balaban J connectivity index is 1.83. The number of aliphatic hydroxyl groups excluding tert-OH is 1. The molecular weight excluding hydrogens is 222 g/mol. The summed E-state index contributed by atoms with van der Waals surface area (Å²) in [6.07, 6.45) is 0.705. The molecule has 0 saturated carbocycles. The second kappa shape index (κ2) is 4.14. The van der Waals surface area contributed by atoms with Crippen LogP contribution in [0.3, 0.4) is 0 Å². The summed E-state index contributed by atoms with van der Waals surface area (Å²) in [5.41, 5.74) is -0.790. The molecule has 2 aliphatic rings. The predicted molar refractivity (Wildman–Crippen MR) is 61.7 cm³/mol. The summed E-state index contributed by atoms with van der Waals surface area (Å²) in [5.74, 6) is 0. The van der Waals surface area contributed by atoms with Crippen LogP contribution in [0.4, 0.5) is 4.79 Å². The Morgan fingerprint density at radius 1 is 1.47 bits per heavy atom. The van der Waals surface area contributed by atoms with Crippen molar-refractivity contribution in [2.24, 2.45) is 0 Å². The van der Waals surface area contributed by atoms with Crippen LogP contribution in [0.5, 0.6) is 0 Å². The van der Waals surface area contributed by atoms with Crippen LogP contribution in [-0.4, -0.2) is 53.1 Å². The first-order chi connectivity index (χ1) is 7.80. The van der Waals surface area contributed by atoms with Gasteiger partial charge in [-0.3, -0.25) is 0 Å². The van der Waals surface area contributed by atoms with E-state index in [0.717, 1.165) is 0 Å². The Bertz CT molecular complexity index is 304. The molecule has 2 heterocycles. The third-order valence-corrected chi connectivity index (χ3v) is 3.08. The maximum Gasteiger partial charge on any atom is 0.410 e. The Morgan fingerprint density at radius 3 is 2.65 bits per heavy atom. The van der Waals surface area contributed by atoms with E-state index in [4.69, 9.17) is 9.47 Å². The minimum absolute atomic E-state index is 0.299. The number of nitrogens with zero attached hydrogens (tertiary/aromatic N) is 1. The van der Waals surface area contributed by atoms with Gasteiger partial charge in [-0.1, -0.05) is 0 Å². The number of likely N-dealkylation sites (tertiary alicyclic amines) is 1. The van der Waals surface area contributed by atoms with Crippen molar-refractivity contribution in [2.75, 3.05) is 19.7 Å². The third kappa shape index (κ3) is 2.90. The zero-order valence-corrected chi connectivity index (χ0v) is 10.7. The van der Waals surface area contributed by atoms with Gasteiger partial charge in [0.2, 0.25) is 0 Å². The highest BCUT2D eigenvalue weighted by Gasteiger charge is 2.50. The number of amides is 1. The summed E-state index contributed by atoms with van der Waals surface area (Å²) in [6, 6.07) is 0. The maximum atomic E-state index is 11.7. The van der Waals surface area contributed by atoms with E-state index in [2.05, 4.69) is 0 Å². The SMILES string of the molecule is CC(C)(C)OC(=O)N1CC2(CC(O)CCO2)C1. The van der Waals surface area contributed by atoms with E-state index in [1.54, 1.807) is 4.90 Å². The smallest absolute Gasteiger partial charge is 0.410 e. The Kier molecular flexibility index (Phi) is 3.08. The molecule has 98 valence electrons. The summed E-state index contributed by atoms with van der Waals surface area (Å²) in [4.78, 5) is 13.4. The van der Waals surface area contributed by atoms with Gasteiger partial charge in [0.25, 0.3) is 0 Å². The van der Waals surface area contributed by atoms with E-state index >= 15 is 0 Å². The van der Waals surface area contributed by atoms with Crippen LogP contribution in [-0.2, 0) is 9.47 Å². The average Bonchev–Trinajstić information content (AvgIpc) is 2.10. The molecule has 0 bridgehead atoms. The summed E-state index contributed by atoms with van der Waals surface area (Å²) < 4.78 is 10.9. The fourth-order valence-corrected chi connectivity index (χ4v) is 2.33. The van der Waals surface area contributed by atoms with E-state index in [9.17, 15) is 9.90 Å². The summed E-state index contributed by atoms with van der Waals surface area (Å²) >= 11 is 0. The first-order valence-corrected chi connectivity index (χ1v) is 6.10. The summed E-state index contributed by atoms with van der Waals surface area (Å²) in [6.45, 7) is 7.17. The molecular formula is C12H21NO4. The van der Waals surface area contributed by atoms with Crippen LogP contribution in [0, 0.1) is 0 Å². The predicted octanol–water partition coefficient (Wildman–Crippen LogP) is 1.15. The topological polar surface area (TPSA) is 59.0 Å². The minimum Gasteiger partial charge on any atom is -0.444 e. The molecule has 2 rings (SSSR count). The lowest BCUT2D eigenvalue weighted by molar-refractivity contribution is -0.183. The Hall–Kier alpha value is -0.810. The van der Waals surface area contributed by atoms with Gasteiger partial charge < -0.3 is 19.5 Å². The van der Waals surface area contributed by atoms with Crippen LogP contribution in [0.1, 0.15) is 33.6 Å². The van der Waals surface area contributed by atoms with Crippen LogP contribution in [0.15, 0.2) is 0 Å². The number of aliphatic hydroxyl groups is 1. The van der Waals surface area contributed by atoms with Gasteiger partial charge in [0.05, 0.1) is 19.2 Å². The molecule has 1 atom stereocenters. The van der Waals surface area contributed by atoms with Crippen LogP contribution in [0.2, 0.25) is 0 Å². The second-order valence-electron chi connectivity index (χ2n) is 6.01. The van der Waals surface area contributed by atoms with E-state index in [0.29, 0.717) is 32.5 Å². The van der Waals surface area contributed by atoms with Crippen molar-refractivity contribution in [3.05, 3.63) is 0 Å². The zero-order chi connectivity index (χ0) is 12.7. The normalized spacial score (nSPS) is 27.8. The van der Waals surface area contributed by atoms with E-state index in [1.165, 1.54) is 0 Å². The van der Waals surface area contributed by atoms with Gasteiger partial charge in [0, 0.05) is 13.0 Å². The van der Waals surface area contributed by atoms with Gasteiger partial charge in [-0.05, 0) is 27.2 Å². The third-order valence-electron chi connectivity index (χ3n) is 3.08. The standard InChI is InChI=1S/C12H21NO4/c1-11(2,3)17-10(15)13-7-12(8-13)6-9(14)4-5-16-12/h9,14H,4-8H2,1-3H3. The second-order valence-corrected chi connectivity index (χ2v) is 6.01. The quantitative estimate of drug-likeness (QED) is 0.693. The molecule has 0 aliphatic carbocycles. The molecule has 0 aromatic carbocycles. The van der Waals surface area contributed by atoms with Crippen molar-refractivity contribution in [3.8, 4) is 0 Å². The number of hydrogen-bond acceptors (Lipinski definition) is 4. The zero-order valence-electron chi connectivity index (χ0n) is 10.7. The monoisotopic (exact) mass is 243 g/mol. The van der Waals surface area contributed by atoms with Crippen LogP contribution in [0.25, 0.3) is 0 Å². The largest absolute Gasteiger partial charge is 0.444 e. The molecule has 1 N–H and O–H groups in total. The van der Waals surface area contributed by atoms with Gasteiger partial charge in [0.15, 0.2) is 0 Å². The lowest BCUT2D eigenvalue weighted by Crippen LogP contribution is -2.67. The van der Waals surface area contributed by atoms with Gasteiger partial charge in [-0.15, -0.1) is 0 Å². The van der Waals surface area contributed by atoms with Crippen molar-refractivity contribution < 1.29 is 19.4 Å². The van der Waals surface area contributed by atoms with Crippen LogP contribution < -0.4 is 0 Å². The van der Waals surface area contributed by atoms with Crippen molar-refractivity contribution in [1.82, 2.24) is 4.90 Å². The van der Waals surface area contributed by atoms with Gasteiger partial charge in [-0.25, -0.2) is 4.79 Å². The lowest BCUT2D eigenvalue weighted by atomic mass is 9.85. The van der Waals surface area contributed by atoms with Crippen molar-refractivity contribution in [3.63, 3.8) is 0 Å². The number of rotatable bonds is 0. The van der Waals surface area contributed by atoms with Crippen molar-refractivity contribution in [1.29, 1.82) is 0 Å². The summed E-state index contributed by atoms with van der Waals surface area (Å²) in [5, 5.41) is 9.61. The number of carbonyl (C=O) groups is 1. The molecule has 2 saturated heterocycles. The van der Waals surface area contributed by atoms with E-state index in [1.807, 2.05) is 20.8 Å². The Morgan fingerprint density at radius 2 is 2.12 bits per heavy atom. The van der Waals surface area contributed by atoms with Crippen molar-refractivity contribution in [2.45, 2.75) is 50.9 Å². The molecule has 2 aliphatic heterocycles. The van der Waals surface area contributed by atoms with Gasteiger partial charge in [-0.2, -0.15) is 0 Å². The highest BCUT2D eigenvalue weighted by molar-refractivity contribution is 5.69. The molecule has 5 nitrogen and oxygen atoms in total. The van der Waals surface area contributed by atoms with Crippen LogP contribution >= 0.6 is 0 Å². The molecule has 0 aromatic rings. The first kappa shape index (κ1) is 12.6.